The van der Waals surface area contributed by atoms with Gasteiger partial charge >= 0.3 is 0 Å². The summed E-state index contributed by atoms with van der Waals surface area (Å²) in [6.45, 7) is 8.61. The molecular weight excluding hydrogens is 374 g/mol. The Labute approximate surface area is 183 Å². The molecule has 2 fully saturated rings. The lowest BCUT2D eigenvalue weighted by Gasteiger charge is -2.42. The Morgan fingerprint density at radius 1 is 1.07 bits per heavy atom. The number of hydrogen-bond acceptors (Lipinski definition) is 4. The minimum absolute atomic E-state index is 0.412. The van der Waals surface area contributed by atoms with Gasteiger partial charge < -0.3 is 20.3 Å². The molecule has 2 N–H and O–H groups in total. The van der Waals surface area contributed by atoms with Crippen LogP contribution in [-0.2, 0) is 4.74 Å². The molecule has 1 aromatic carbocycles. The molecule has 0 aromatic heterocycles. The average molecular weight is 416 g/mol. The Balaban J connectivity index is 1.25. The molecule has 0 bridgehead atoms. The summed E-state index contributed by atoms with van der Waals surface area (Å²) in [4.78, 5) is 9.50. The number of hydrogen-bond donors (Lipinski definition) is 2. The molecule has 0 radical (unpaired) electrons. The van der Waals surface area contributed by atoms with Crippen molar-refractivity contribution in [3.05, 3.63) is 30.3 Å². The summed E-state index contributed by atoms with van der Waals surface area (Å²) < 4.78 is 5.30. The monoisotopic (exact) mass is 415 g/mol. The minimum Gasteiger partial charge on any atom is -0.385 e. The molecular formula is C24H41N5O. The van der Waals surface area contributed by atoms with Gasteiger partial charge in [-0.05, 0) is 56.2 Å². The first kappa shape index (κ1) is 22.9. The highest BCUT2D eigenvalue weighted by Crippen LogP contribution is 2.43. The average Bonchev–Trinajstić information content (AvgIpc) is 2.77. The van der Waals surface area contributed by atoms with Crippen molar-refractivity contribution in [2.45, 2.75) is 38.5 Å². The zero-order chi connectivity index (χ0) is 21.1. The van der Waals surface area contributed by atoms with Gasteiger partial charge in [0.05, 0.1) is 0 Å². The molecule has 1 saturated carbocycles. The standard InChI is InChI=1S/C24H41N5O/c1-25-23(27-21-24(11-8-12-24)13-20-30-2)26-14-6-7-15-28-16-18-29(19-17-28)22-9-4-3-5-10-22/h3-5,9-10H,6-8,11-21H2,1-2H3,(H2,25,26,27). The fraction of sp³-hybridized carbons (Fsp3) is 0.708. The molecule has 1 aromatic rings. The van der Waals surface area contributed by atoms with E-state index in [2.05, 4.69) is 55.8 Å². The van der Waals surface area contributed by atoms with Crippen LogP contribution in [0.1, 0.15) is 38.5 Å². The molecule has 6 heteroatoms. The number of benzene rings is 1. The second-order valence-corrected chi connectivity index (χ2v) is 8.82. The molecule has 1 saturated heterocycles. The van der Waals surface area contributed by atoms with Gasteiger partial charge in [0, 0.05) is 65.7 Å². The first-order valence-corrected chi connectivity index (χ1v) is 11.7. The van der Waals surface area contributed by atoms with Crippen molar-refractivity contribution in [3.8, 4) is 0 Å². The van der Waals surface area contributed by atoms with E-state index in [1.165, 1.54) is 44.3 Å². The number of para-hydroxylation sites is 1. The topological polar surface area (TPSA) is 52.1 Å². The minimum atomic E-state index is 0.412. The molecule has 2 aliphatic rings. The van der Waals surface area contributed by atoms with E-state index in [1.54, 1.807) is 7.11 Å². The first-order valence-electron chi connectivity index (χ1n) is 11.7. The SMILES string of the molecule is CN=C(NCCCCN1CCN(c2ccccc2)CC1)NCC1(CCOC)CCC1. The van der Waals surface area contributed by atoms with Gasteiger partial charge in [-0.25, -0.2) is 0 Å². The van der Waals surface area contributed by atoms with Gasteiger partial charge in [0.2, 0.25) is 0 Å². The van der Waals surface area contributed by atoms with Crippen molar-refractivity contribution < 1.29 is 4.74 Å². The maximum absolute atomic E-state index is 5.30. The Bertz CT molecular complexity index is 624. The van der Waals surface area contributed by atoms with Gasteiger partial charge in [-0.3, -0.25) is 9.89 Å². The quantitative estimate of drug-likeness (QED) is 0.331. The molecule has 6 nitrogen and oxygen atoms in total. The van der Waals surface area contributed by atoms with Crippen LogP contribution in [0.5, 0.6) is 0 Å². The third-order valence-corrected chi connectivity index (χ3v) is 6.79. The van der Waals surface area contributed by atoms with Gasteiger partial charge in [-0.15, -0.1) is 0 Å². The van der Waals surface area contributed by atoms with Crippen LogP contribution in [0.2, 0.25) is 0 Å². The molecule has 1 aliphatic heterocycles. The lowest BCUT2D eigenvalue weighted by molar-refractivity contribution is 0.0732. The molecule has 0 atom stereocenters. The van der Waals surface area contributed by atoms with E-state index >= 15 is 0 Å². The highest BCUT2D eigenvalue weighted by atomic mass is 16.5. The second-order valence-electron chi connectivity index (χ2n) is 8.82. The van der Waals surface area contributed by atoms with Crippen molar-refractivity contribution in [2.75, 3.05) is 71.5 Å². The Morgan fingerprint density at radius 3 is 2.47 bits per heavy atom. The van der Waals surface area contributed by atoms with E-state index in [0.717, 1.165) is 58.3 Å². The summed E-state index contributed by atoms with van der Waals surface area (Å²) in [7, 11) is 3.66. The lowest BCUT2D eigenvalue weighted by Crippen LogP contribution is -2.47. The van der Waals surface area contributed by atoms with Gasteiger partial charge in [-0.2, -0.15) is 0 Å². The smallest absolute Gasteiger partial charge is 0.190 e. The number of nitrogens with one attached hydrogen (secondary N) is 2. The van der Waals surface area contributed by atoms with Crippen molar-refractivity contribution >= 4 is 11.6 Å². The predicted octanol–water partition coefficient (Wildman–Crippen LogP) is 2.96. The van der Waals surface area contributed by atoms with Gasteiger partial charge in [0.1, 0.15) is 0 Å². The van der Waals surface area contributed by atoms with E-state index in [-0.39, 0.29) is 0 Å². The first-order chi connectivity index (χ1) is 14.7. The molecule has 0 spiro atoms. The Morgan fingerprint density at radius 2 is 1.83 bits per heavy atom. The van der Waals surface area contributed by atoms with Crippen LogP contribution in [0.4, 0.5) is 5.69 Å². The summed E-state index contributed by atoms with van der Waals surface area (Å²) in [5.74, 6) is 0.940. The molecule has 0 amide bonds. The van der Waals surface area contributed by atoms with Crippen LogP contribution in [0, 0.1) is 5.41 Å². The van der Waals surface area contributed by atoms with Crippen molar-refractivity contribution in [2.24, 2.45) is 10.4 Å². The Kier molecular flexibility index (Phi) is 9.27. The number of aliphatic imine (C=N–C) groups is 1. The molecule has 168 valence electrons. The van der Waals surface area contributed by atoms with Crippen molar-refractivity contribution in [3.63, 3.8) is 0 Å². The third-order valence-electron chi connectivity index (χ3n) is 6.79. The summed E-state index contributed by atoms with van der Waals surface area (Å²) in [5.41, 5.74) is 1.77. The number of methoxy groups -OCH3 is 1. The summed E-state index contributed by atoms with van der Waals surface area (Å²) in [5, 5.41) is 7.04. The van der Waals surface area contributed by atoms with Crippen LogP contribution in [0.15, 0.2) is 35.3 Å². The van der Waals surface area contributed by atoms with Crippen LogP contribution < -0.4 is 15.5 Å². The number of nitrogens with zero attached hydrogens (tertiary/aromatic N) is 3. The molecule has 1 heterocycles. The van der Waals surface area contributed by atoms with Crippen LogP contribution in [0.3, 0.4) is 0 Å². The molecule has 0 unspecified atom stereocenters. The van der Waals surface area contributed by atoms with E-state index < -0.39 is 0 Å². The lowest BCUT2D eigenvalue weighted by atomic mass is 9.67. The molecule has 30 heavy (non-hydrogen) atoms. The van der Waals surface area contributed by atoms with Crippen molar-refractivity contribution in [1.82, 2.24) is 15.5 Å². The summed E-state index contributed by atoms with van der Waals surface area (Å²) in [6.07, 6.45) is 7.50. The number of unbranched alkanes of at least 4 members (excludes halogenated alkanes) is 1. The highest BCUT2D eigenvalue weighted by molar-refractivity contribution is 5.79. The van der Waals surface area contributed by atoms with Gasteiger partial charge in [-0.1, -0.05) is 24.6 Å². The largest absolute Gasteiger partial charge is 0.385 e. The van der Waals surface area contributed by atoms with E-state index in [4.69, 9.17) is 4.74 Å². The van der Waals surface area contributed by atoms with Gasteiger partial charge in [0.25, 0.3) is 0 Å². The van der Waals surface area contributed by atoms with E-state index in [1.807, 2.05) is 7.05 Å². The number of guanidine groups is 1. The van der Waals surface area contributed by atoms with E-state index in [0.29, 0.717) is 5.41 Å². The number of piperazine rings is 1. The number of anilines is 1. The zero-order valence-electron chi connectivity index (χ0n) is 19.0. The molecule has 3 rings (SSSR count). The number of ether oxygens (including phenoxy) is 1. The van der Waals surface area contributed by atoms with Crippen LogP contribution in [0.25, 0.3) is 0 Å². The zero-order valence-corrected chi connectivity index (χ0v) is 19.0. The normalized spacial score (nSPS) is 19.4. The second kappa shape index (κ2) is 12.2. The van der Waals surface area contributed by atoms with Crippen molar-refractivity contribution in [1.29, 1.82) is 0 Å². The summed E-state index contributed by atoms with van der Waals surface area (Å²) in [6, 6.07) is 10.8. The Hall–Kier alpha value is -1.79. The predicted molar refractivity (Wildman–Crippen MR) is 126 cm³/mol. The fourth-order valence-corrected chi connectivity index (χ4v) is 4.54. The van der Waals surface area contributed by atoms with Crippen LogP contribution in [-0.4, -0.2) is 77.4 Å². The third kappa shape index (κ3) is 6.88. The molecule has 1 aliphatic carbocycles. The van der Waals surface area contributed by atoms with Gasteiger partial charge in [0.15, 0.2) is 5.96 Å². The van der Waals surface area contributed by atoms with E-state index in [9.17, 15) is 0 Å². The highest BCUT2D eigenvalue weighted by Gasteiger charge is 2.36. The summed E-state index contributed by atoms with van der Waals surface area (Å²) >= 11 is 0. The fourth-order valence-electron chi connectivity index (χ4n) is 4.54. The van der Waals surface area contributed by atoms with Crippen LogP contribution >= 0.6 is 0 Å². The number of rotatable bonds is 11. The maximum Gasteiger partial charge on any atom is 0.190 e. The maximum atomic E-state index is 5.30.